The number of hydrogen-bond acceptors (Lipinski definition) is 3. The Kier molecular flexibility index (Phi) is 4.75. The highest BCUT2D eigenvalue weighted by Crippen LogP contribution is 2.29. The Hall–Kier alpha value is -3.54. The second-order valence-electron chi connectivity index (χ2n) is 7.71. The fourth-order valence-corrected chi connectivity index (χ4v) is 4.03. The molecule has 150 valence electrons. The van der Waals surface area contributed by atoms with Crippen molar-refractivity contribution in [2.75, 3.05) is 5.32 Å². The first kappa shape index (κ1) is 18.5. The van der Waals surface area contributed by atoms with Gasteiger partial charge in [0, 0.05) is 41.3 Å². The Morgan fingerprint density at radius 3 is 2.63 bits per heavy atom. The summed E-state index contributed by atoms with van der Waals surface area (Å²) in [6.45, 7) is 0. The molecule has 5 nitrogen and oxygen atoms in total. The van der Waals surface area contributed by atoms with Crippen LogP contribution in [0.15, 0.2) is 67.1 Å². The minimum absolute atomic E-state index is 0.00855. The minimum atomic E-state index is -0.388. The van der Waals surface area contributed by atoms with E-state index in [4.69, 9.17) is 0 Å². The van der Waals surface area contributed by atoms with Crippen LogP contribution in [0, 0.1) is 11.7 Å². The number of nitrogens with zero attached hydrogens (tertiary/aromatic N) is 3. The summed E-state index contributed by atoms with van der Waals surface area (Å²) in [6, 6.07) is 14.5. The Labute approximate surface area is 173 Å². The van der Waals surface area contributed by atoms with E-state index in [1.165, 1.54) is 6.07 Å². The molecular formula is C24H21FN4O. The van der Waals surface area contributed by atoms with Gasteiger partial charge in [0.25, 0.3) is 0 Å². The van der Waals surface area contributed by atoms with Crippen molar-refractivity contribution in [2.24, 2.45) is 5.92 Å². The van der Waals surface area contributed by atoms with Crippen molar-refractivity contribution < 1.29 is 9.18 Å². The Bertz CT molecular complexity index is 1210. The average molecular weight is 400 g/mol. The second kappa shape index (κ2) is 7.71. The van der Waals surface area contributed by atoms with Crippen LogP contribution in [0.5, 0.6) is 0 Å². The lowest BCUT2D eigenvalue weighted by Gasteiger charge is -2.11. The normalized spacial score (nSPS) is 14.3. The highest BCUT2D eigenvalue weighted by molar-refractivity contribution is 5.93. The van der Waals surface area contributed by atoms with Gasteiger partial charge in [0.05, 0.1) is 5.69 Å². The molecule has 1 fully saturated rings. The predicted molar refractivity (Wildman–Crippen MR) is 114 cm³/mol. The molecule has 0 saturated heterocycles. The number of rotatable bonds is 4. The number of carbonyl (C=O) groups excluding carboxylic acids is 1. The molecule has 0 bridgehead atoms. The summed E-state index contributed by atoms with van der Waals surface area (Å²) in [5.74, 6) is 0.161. The van der Waals surface area contributed by atoms with Crippen molar-refractivity contribution in [1.82, 2.24) is 14.4 Å². The van der Waals surface area contributed by atoms with Gasteiger partial charge in [-0.3, -0.25) is 9.20 Å². The van der Waals surface area contributed by atoms with Crippen LogP contribution in [0.3, 0.4) is 0 Å². The molecule has 0 aliphatic heterocycles. The SMILES string of the molecule is O=C(Nc1ccc(F)c(-c2cn3cc(-c4ccccc4)cnc3n2)c1)C1CCCC1. The Balaban J connectivity index is 1.46. The second-order valence-corrected chi connectivity index (χ2v) is 7.71. The molecule has 0 atom stereocenters. The molecule has 2 aromatic carbocycles. The van der Waals surface area contributed by atoms with Crippen LogP contribution in [0.1, 0.15) is 25.7 Å². The maximum absolute atomic E-state index is 14.6. The number of anilines is 1. The van der Waals surface area contributed by atoms with E-state index in [0.29, 0.717) is 22.7 Å². The van der Waals surface area contributed by atoms with Crippen molar-refractivity contribution in [3.63, 3.8) is 0 Å². The molecule has 1 aliphatic rings. The van der Waals surface area contributed by atoms with Gasteiger partial charge in [0.15, 0.2) is 0 Å². The third-order valence-electron chi connectivity index (χ3n) is 5.65. The number of halogens is 1. The largest absolute Gasteiger partial charge is 0.326 e. The fourth-order valence-electron chi connectivity index (χ4n) is 4.03. The predicted octanol–water partition coefficient (Wildman–Crippen LogP) is 5.33. The zero-order chi connectivity index (χ0) is 20.5. The third kappa shape index (κ3) is 3.56. The number of amides is 1. The molecule has 30 heavy (non-hydrogen) atoms. The van der Waals surface area contributed by atoms with Crippen LogP contribution in [0.25, 0.3) is 28.2 Å². The van der Waals surface area contributed by atoms with E-state index < -0.39 is 0 Å². The van der Waals surface area contributed by atoms with Gasteiger partial charge < -0.3 is 5.32 Å². The maximum atomic E-state index is 14.6. The van der Waals surface area contributed by atoms with Crippen molar-refractivity contribution in [3.8, 4) is 22.4 Å². The smallest absolute Gasteiger partial charge is 0.234 e. The monoisotopic (exact) mass is 400 g/mol. The summed E-state index contributed by atoms with van der Waals surface area (Å²) >= 11 is 0. The fraction of sp³-hybridized carbons (Fsp3) is 0.208. The lowest BCUT2D eigenvalue weighted by atomic mass is 10.1. The maximum Gasteiger partial charge on any atom is 0.234 e. The summed E-state index contributed by atoms with van der Waals surface area (Å²) < 4.78 is 16.4. The molecule has 0 radical (unpaired) electrons. The highest BCUT2D eigenvalue weighted by Gasteiger charge is 2.23. The quantitative estimate of drug-likeness (QED) is 0.504. The summed E-state index contributed by atoms with van der Waals surface area (Å²) in [5, 5.41) is 2.93. The van der Waals surface area contributed by atoms with Crippen LogP contribution < -0.4 is 5.32 Å². The van der Waals surface area contributed by atoms with E-state index in [2.05, 4.69) is 15.3 Å². The van der Waals surface area contributed by atoms with Gasteiger partial charge in [-0.15, -0.1) is 0 Å². The van der Waals surface area contributed by atoms with E-state index >= 15 is 0 Å². The van der Waals surface area contributed by atoms with Crippen molar-refractivity contribution >= 4 is 17.4 Å². The van der Waals surface area contributed by atoms with Crippen LogP contribution in [-0.2, 0) is 4.79 Å². The summed E-state index contributed by atoms with van der Waals surface area (Å²) in [6.07, 6.45) is 9.46. The van der Waals surface area contributed by atoms with Crippen molar-refractivity contribution in [1.29, 1.82) is 0 Å². The van der Waals surface area contributed by atoms with Gasteiger partial charge in [-0.2, -0.15) is 0 Å². The molecule has 0 spiro atoms. The number of nitrogens with one attached hydrogen (secondary N) is 1. The average Bonchev–Trinajstić information content (AvgIpc) is 3.45. The number of carbonyl (C=O) groups is 1. The topological polar surface area (TPSA) is 59.3 Å². The molecule has 1 N–H and O–H groups in total. The van der Waals surface area contributed by atoms with Gasteiger partial charge in [-0.05, 0) is 36.6 Å². The molecule has 1 amide bonds. The molecule has 1 saturated carbocycles. The van der Waals surface area contributed by atoms with E-state index in [1.54, 1.807) is 28.9 Å². The van der Waals surface area contributed by atoms with E-state index in [0.717, 1.165) is 36.8 Å². The molecule has 1 aliphatic carbocycles. The lowest BCUT2D eigenvalue weighted by molar-refractivity contribution is -0.119. The van der Waals surface area contributed by atoms with Crippen LogP contribution in [0.2, 0.25) is 0 Å². The van der Waals surface area contributed by atoms with Gasteiger partial charge in [-0.1, -0.05) is 43.2 Å². The molecule has 0 unspecified atom stereocenters. The molecule has 2 heterocycles. The zero-order valence-corrected chi connectivity index (χ0v) is 16.4. The first-order valence-corrected chi connectivity index (χ1v) is 10.2. The van der Waals surface area contributed by atoms with E-state index in [1.807, 2.05) is 36.5 Å². The molecule has 2 aromatic heterocycles. The first-order chi connectivity index (χ1) is 14.7. The van der Waals surface area contributed by atoms with Gasteiger partial charge in [-0.25, -0.2) is 14.4 Å². The standard InChI is InChI=1S/C24H21FN4O/c25-21-11-10-19(27-23(30)17-8-4-5-9-17)12-20(21)22-15-29-14-18(13-26-24(29)28-22)16-6-2-1-3-7-16/h1-3,6-7,10-15,17H,4-5,8-9H2,(H,27,30). The highest BCUT2D eigenvalue weighted by atomic mass is 19.1. The van der Waals surface area contributed by atoms with Gasteiger partial charge in [0.1, 0.15) is 5.82 Å². The van der Waals surface area contributed by atoms with Crippen LogP contribution >= 0.6 is 0 Å². The third-order valence-corrected chi connectivity index (χ3v) is 5.65. The lowest BCUT2D eigenvalue weighted by Crippen LogP contribution is -2.20. The summed E-state index contributed by atoms with van der Waals surface area (Å²) in [7, 11) is 0. The Morgan fingerprint density at radius 2 is 1.83 bits per heavy atom. The molecule has 5 rings (SSSR count). The number of aromatic nitrogens is 3. The molecule has 6 heteroatoms. The number of fused-ring (bicyclic) bond motifs is 1. The number of imidazole rings is 1. The van der Waals surface area contributed by atoms with E-state index in [-0.39, 0.29) is 17.6 Å². The number of hydrogen-bond donors (Lipinski definition) is 1. The van der Waals surface area contributed by atoms with Crippen LogP contribution in [0.4, 0.5) is 10.1 Å². The van der Waals surface area contributed by atoms with Gasteiger partial charge in [0.2, 0.25) is 11.7 Å². The van der Waals surface area contributed by atoms with Gasteiger partial charge >= 0.3 is 0 Å². The number of benzene rings is 2. The van der Waals surface area contributed by atoms with Crippen molar-refractivity contribution in [3.05, 3.63) is 72.9 Å². The minimum Gasteiger partial charge on any atom is -0.326 e. The zero-order valence-electron chi connectivity index (χ0n) is 16.4. The Morgan fingerprint density at radius 1 is 1.03 bits per heavy atom. The summed E-state index contributed by atoms with van der Waals surface area (Å²) in [5.41, 5.74) is 3.39. The van der Waals surface area contributed by atoms with Crippen molar-refractivity contribution in [2.45, 2.75) is 25.7 Å². The van der Waals surface area contributed by atoms with Crippen LogP contribution in [-0.4, -0.2) is 20.3 Å². The molecule has 4 aromatic rings. The first-order valence-electron chi connectivity index (χ1n) is 10.2. The summed E-state index contributed by atoms with van der Waals surface area (Å²) in [4.78, 5) is 21.3. The van der Waals surface area contributed by atoms with E-state index in [9.17, 15) is 9.18 Å². The molecular weight excluding hydrogens is 379 g/mol.